The highest BCUT2D eigenvalue weighted by atomic mass is 19.1. The zero-order chi connectivity index (χ0) is 21.7. The number of hydrogen-bond donors (Lipinski definition) is 1. The molecule has 0 radical (unpaired) electrons. The van der Waals surface area contributed by atoms with Crippen LogP contribution in [0.25, 0.3) is 10.8 Å². The summed E-state index contributed by atoms with van der Waals surface area (Å²) in [4.78, 5) is 6.86. The lowest BCUT2D eigenvalue weighted by molar-refractivity contribution is 0.0989. The van der Waals surface area contributed by atoms with Gasteiger partial charge in [0.15, 0.2) is 5.82 Å². The summed E-state index contributed by atoms with van der Waals surface area (Å²) in [5.74, 6) is -0.141. The maximum atomic E-state index is 14.6. The molecule has 3 atom stereocenters. The van der Waals surface area contributed by atoms with E-state index in [1.165, 1.54) is 0 Å². The van der Waals surface area contributed by atoms with Gasteiger partial charge in [0, 0.05) is 29.1 Å². The molecule has 5 rings (SSSR count). The molecule has 0 spiro atoms. The van der Waals surface area contributed by atoms with Crippen LogP contribution in [0.5, 0.6) is 0 Å². The SMILES string of the molecule is Cc1nnc(N[C@H](C)c2cc(F)cc(C#N)c2F)c2cc(N3C[C@H]4C[C@@H]3CO4)ncc12. The summed E-state index contributed by atoms with van der Waals surface area (Å²) in [6, 6.07) is 5.29. The van der Waals surface area contributed by atoms with Crippen LogP contribution in [0.4, 0.5) is 20.4 Å². The monoisotopic (exact) mass is 422 g/mol. The summed E-state index contributed by atoms with van der Waals surface area (Å²) >= 11 is 0. The van der Waals surface area contributed by atoms with Crippen LogP contribution in [0.1, 0.15) is 36.2 Å². The lowest BCUT2D eigenvalue weighted by Crippen LogP contribution is -2.37. The Labute approximate surface area is 177 Å². The number of hydrogen-bond acceptors (Lipinski definition) is 7. The van der Waals surface area contributed by atoms with E-state index in [0.717, 1.165) is 47.4 Å². The normalized spacial score (nSPS) is 20.8. The van der Waals surface area contributed by atoms with E-state index < -0.39 is 17.7 Å². The minimum absolute atomic E-state index is 0.0513. The molecule has 3 aromatic rings. The summed E-state index contributed by atoms with van der Waals surface area (Å²) in [6.45, 7) is 5.03. The predicted octanol–water partition coefficient (Wildman–Crippen LogP) is 3.63. The Hall–Kier alpha value is -3.38. The van der Waals surface area contributed by atoms with Crippen LogP contribution in [0.15, 0.2) is 24.4 Å². The van der Waals surface area contributed by atoms with Gasteiger partial charge in [-0.25, -0.2) is 13.8 Å². The zero-order valence-corrected chi connectivity index (χ0v) is 17.1. The second kappa shape index (κ2) is 7.39. The van der Waals surface area contributed by atoms with E-state index in [9.17, 15) is 8.78 Å². The zero-order valence-electron chi connectivity index (χ0n) is 17.1. The molecule has 0 aliphatic carbocycles. The number of halogens is 2. The minimum Gasteiger partial charge on any atom is -0.374 e. The van der Waals surface area contributed by atoms with Gasteiger partial charge in [0.25, 0.3) is 0 Å². The number of benzene rings is 1. The number of nitriles is 1. The van der Waals surface area contributed by atoms with Crippen LogP contribution in [0, 0.1) is 29.9 Å². The smallest absolute Gasteiger partial charge is 0.157 e. The van der Waals surface area contributed by atoms with Crippen molar-refractivity contribution in [3.8, 4) is 6.07 Å². The number of nitrogens with one attached hydrogen (secondary N) is 1. The second-order valence-corrected chi connectivity index (χ2v) is 8.05. The fraction of sp³-hybridized carbons (Fsp3) is 0.364. The third kappa shape index (κ3) is 3.33. The first kappa shape index (κ1) is 19.6. The fourth-order valence-corrected chi connectivity index (χ4v) is 4.39. The van der Waals surface area contributed by atoms with Crippen LogP contribution in [-0.2, 0) is 4.74 Å². The molecule has 2 aromatic heterocycles. The Balaban J connectivity index is 1.53. The molecular weight excluding hydrogens is 402 g/mol. The number of nitrogens with zero attached hydrogens (tertiary/aromatic N) is 5. The lowest BCUT2D eigenvalue weighted by atomic mass is 10.0. The molecule has 1 N–H and O–H groups in total. The van der Waals surface area contributed by atoms with Crippen LogP contribution < -0.4 is 10.2 Å². The number of aryl methyl sites for hydroxylation is 1. The van der Waals surface area contributed by atoms with E-state index in [0.29, 0.717) is 18.5 Å². The van der Waals surface area contributed by atoms with E-state index in [2.05, 4.69) is 25.4 Å². The first-order chi connectivity index (χ1) is 14.9. The molecular formula is C22H20F2N6O. The average molecular weight is 422 g/mol. The third-order valence-corrected chi connectivity index (χ3v) is 6.03. The van der Waals surface area contributed by atoms with Gasteiger partial charge >= 0.3 is 0 Å². The standard InChI is InChI=1S/C22H20F2N6O/c1-11(17-4-14(23)3-13(7-25)21(17)24)27-22-18-6-20(26-8-19(18)12(2)28-29-22)30-9-16-5-15(30)10-31-16/h3-4,6,8,11,15-16H,5,9-10H2,1-2H3,(H,27,29)/t11-,15-,16-/m1/s1. The fourth-order valence-electron chi connectivity index (χ4n) is 4.39. The van der Waals surface area contributed by atoms with E-state index in [4.69, 9.17) is 10.00 Å². The summed E-state index contributed by atoms with van der Waals surface area (Å²) in [5, 5.41) is 22.3. The maximum Gasteiger partial charge on any atom is 0.157 e. The van der Waals surface area contributed by atoms with Crippen molar-refractivity contribution < 1.29 is 13.5 Å². The van der Waals surface area contributed by atoms with Gasteiger partial charge < -0.3 is 15.0 Å². The van der Waals surface area contributed by atoms with Gasteiger partial charge in [-0.05, 0) is 38.5 Å². The average Bonchev–Trinajstić information content (AvgIpc) is 3.40. The van der Waals surface area contributed by atoms with Gasteiger partial charge in [-0.3, -0.25) is 0 Å². The van der Waals surface area contributed by atoms with Crippen molar-refractivity contribution in [2.45, 2.75) is 38.5 Å². The van der Waals surface area contributed by atoms with Gasteiger partial charge in [0.1, 0.15) is 23.5 Å². The number of fused-ring (bicyclic) bond motifs is 3. The van der Waals surface area contributed by atoms with Crippen molar-refractivity contribution in [2.75, 3.05) is 23.4 Å². The highest BCUT2D eigenvalue weighted by Crippen LogP contribution is 2.35. The molecule has 2 fully saturated rings. The number of ether oxygens (including phenoxy) is 1. The van der Waals surface area contributed by atoms with Gasteiger partial charge in [0.05, 0.1) is 36.1 Å². The first-order valence-corrected chi connectivity index (χ1v) is 10.1. The molecule has 0 unspecified atom stereocenters. The highest BCUT2D eigenvalue weighted by molar-refractivity contribution is 5.94. The van der Waals surface area contributed by atoms with E-state index in [1.54, 1.807) is 19.2 Å². The number of anilines is 2. The van der Waals surface area contributed by atoms with Gasteiger partial charge in [-0.1, -0.05) is 0 Å². The van der Waals surface area contributed by atoms with Gasteiger partial charge in [-0.2, -0.15) is 10.4 Å². The van der Waals surface area contributed by atoms with Gasteiger partial charge in [0.2, 0.25) is 0 Å². The molecule has 1 aromatic carbocycles. The van der Waals surface area contributed by atoms with Crippen LogP contribution in [-0.4, -0.2) is 40.5 Å². The van der Waals surface area contributed by atoms with Gasteiger partial charge in [-0.15, -0.1) is 5.10 Å². The van der Waals surface area contributed by atoms with Crippen LogP contribution >= 0.6 is 0 Å². The Morgan fingerprint density at radius 1 is 1.26 bits per heavy atom. The number of rotatable bonds is 4. The quantitative estimate of drug-likeness (QED) is 0.687. The molecule has 4 heterocycles. The minimum atomic E-state index is -0.747. The summed E-state index contributed by atoms with van der Waals surface area (Å²) in [7, 11) is 0. The Morgan fingerprint density at radius 2 is 2.10 bits per heavy atom. The second-order valence-electron chi connectivity index (χ2n) is 8.05. The van der Waals surface area contributed by atoms with Crippen molar-refractivity contribution in [2.24, 2.45) is 0 Å². The molecule has 0 saturated carbocycles. The molecule has 9 heteroatoms. The van der Waals surface area contributed by atoms with E-state index in [1.807, 2.05) is 13.0 Å². The van der Waals surface area contributed by atoms with Crippen LogP contribution in [0.3, 0.4) is 0 Å². The Morgan fingerprint density at radius 3 is 2.81 bits per heavy atom. The molecule has 2 aliphatic rings. The molecule has 7 nitrogen and oxygen atoms in total. The van der Waals surface area contributed by atoms with Crippen molar-refractivity contribution in [3.63, 3.8) is 0 Å². The molecule has 0 amide bonds. The summed E-state index contributed by atoms with van der Waals surface area (Å²) < 4.78 is 34.2. The van der Waals surface area contributed by atoms with Crippen LogP contribution in [0.2, 0.25) is 0 Å². The maximum absolute atomic E-state index is 14.6. The van der Waals surface area contributed by atoms with Crippen molar-refractivity contribution in [3.05, 3.63) is 52.9 Å². The Kier molecular flexibility index (Phi) is 4.67. The predicted molar refractivity (Wildman–Crippen MR) is 111 cm³/mol. The summed E-state index contributed by atoms with van der Waals surface area (Å²) in [5.41, 5.74) is 0.443. The van der Waals surface area contributed by atoms with E-state index in [-0.39, 0.29) is 17.2 Å². The highest BCUT2D eigenvalue weighted by Gasteiger charge is 2.39. The Bertz CT molecular complexity index is 1230. The summed E-state index contributed by atoms with van der Waals surface area (Å²) in [6.07, 6.45) is 3.01. The van der Waals surface area contributed by atoms with Crippen molar-refractivity contribution in [1.82, 2.24) is 15.2 Å². The molecule has 2 saturated heterocycles. The molecule has 2 bridgehead atoms. The molecule has 2 aliphatic heterocycles. The third-order valence-electron chi connectivity index (χ3n) is 6.03. The topological polar surface area (TPSA) is 87.0 Å². The number of aromatic nitrogens is 3. The van der Waals surface area contributed by atoms with E-state index >= 15 is 0 Å². The largest absolute Gasteiger partial charge is 0.374 e. The van der Waals surface area contributed by atoms with Crippen molar-refractivity contribution in [1.29, 1.82) is 5.26 Å². The number of morpholine rings is 1. The number of pyridine rings is 1. The first-order valence-electron chi connectivity index (χ1n) is 10.1. The molecule has 31 heavy (non-hydrogen) atoms. The molecule has 158 valence electrons. The van der Waals surface area contributed by atoms with Crippen molar-refractivity contribution >= 4 is 22.4 Å². The lowest BCUT2D eigenvalue weighted by Gasteiger charge is -2.28.